The number of anilines is 1. The van der Waals surface area contributed by atoms with Gasteiger partial charge in [-0.15, -0.1) is 0 Å². The Bertz CT molecular complexity index is 1380. The van der Waals surface area contributed by atoms with E-state index >= 15 is 0 Å². The lowest BCUT2D eigenvalue weighted by Gasteiger charge is -2.27. The molecule has 0 bridgehead atoms. The molecule has 5 rings (SSSR count). The van der Waals surface area contributed by atoms with E-state index < -0.39 is 22.6 Å². The van der Waals surface area contributed by atoms with E-state index in [9.17, 15) is 19.1 Å². The van der Waals surface area contributed by atoms with Gasteiger partial charge in [-0.25, -0.2) is 14.0 Å². The van der Waals surface area contributed by atoms with Gasteiger partial charge in [0.25, 0.3) is 0 Å². The van der Waals surface area contributed by atoms with Crippen molar-refractivity contribution < 1.29 is 19.1 Å². The topological polar surface area (TPSA) is 62.0 Å². The number of aromatic carboxylic acids is 1. The van der Waals surface area contributed by atoms with E-state index in [0.717, 1.165) is 5.56 Å². The Morgan fingerprint density at radius 3 is 2.53 bits per heavy atom. The third-order valence-electron chi connectivity index (χ3n) is 7.51. The maximum atomic E-state index is 14.5. The molecule has 3 aromatic rings. The number of fused-ring (bicyclic) bond motifs is 2. The number of hydrogen-bond acceptors (Lipinski definition) is 2. The van der Waals surface area contributed by atoms with Crippen molar-refractivity contribution in [1.29, 1.82) is 0 Å². The molecule has 2 aliphatic rings. The number of carbonyl (C=O) groups is 2. The van der Waals surface area contributed by atoms with Crippen LogP contribution in [0.3, 0.4) is 0 Å². The summed E-state index contributed by atoms with van der Waals surface area (Å²) in [5.74, 6) is -1.44. The van der Waals surface area contributed by atoms with Crippen LogP contribution in [-0.2, 0) is 22.2 Å². The third-order valence-corrected chi connectivity index (χ3v) is 7.51. The van der Waals surface area contributed by atoms with Crippen LogP contribution in [0.2, 0.25) is 0 Å². The molecule has 0 saturated heterocycles. The minimum atomic E-state index is -1.03. The Hall–Kier alpha value is -3.98. The molecule has 1 aliphatic heterocycles. The number of benzene rings is 3. The van der Waals surface area contributed by atoms with Crippen molar-refractivity contribution in [2.45, 2.75) is 37.6 Å². The van der Waals surface area contributed by atoms with Crippen LogP contribution in [0.1, 0.15) is 47.3 Å². The standard InChI is InChI=1S/C28H23FN2O3/c1-17(2)27(20-7-10-22(30-3)11-8-20)16-28(27)23-14-21(29)9-12-24(23)31(26(28)34)15-18-5-4-6-19(13-18)25(32)33/h4-14,17H,15-16H2,1-2H3,(H,32,33)/t27-,28-/m1/s1. The molecule has 6 heteroatoms. The smallest absolute Gasteiger partial charge is 0.335 e. The number of carboxylic acids is 1. The van der Waals surface area contributed by atoms with E-state index in [0.29, 0.717) is 28.9 Å². The summed E-state index contributed by atoms with van der Waals surface area (Å²) in [7, 11) is 0. The summed E-state index contributed by atoms with van der Waals surface area (Å²) < 4.78 is 14.5. The second kappa shape index (κ2) is 7.53. The number of halogens is 1. The molecule has 1 amide bonds. The Balaban J connectivity index is 1.62. The van der Waals surface area contributed by atoms with Gasteiger partial charge < -0.3 is 10.0 Å². The van der Waals surface area contributed by atoms with Gasteiger partial charge in [-0.1, -0.05) is 50.2 Å². The lowest BCUT2D eigenvalue weighted by Crippen LogP contribution is -2.38. The second-order valence-corrected chi connectivity index (χ2v) is 9.43. The molecule has 34 heavy (non-hydrogen) atoms. The summed E-state index contributed by atoms with van der Waals surface area (Å²) in [6, 6.07) is 18.3. The molecule has 1 saturated carbocycles. The zero-order valence-corrected chi connectivity index (χ0v) is 18.9. The van der Waals surface area contributed by atoms with Crippen molar-refractivity contribution in [1.82, 2.24) is 0 Å². The van der Waals surface area contributed by atoms with E-state index in [1.807, 2.05) is 12.1 Å². The SMILES string of the molecule is [C-]#[N+]c1ccc([C@]2(C(C)C)C[C@@]23C(=O)N(Cc2cccc(C(=O)O)c2)c2ccc(F)cc23)cc1. The molecule has 1 fully saturated rings. The first-order valence-electron chi connectivity index (χ1n) is 11.2. The molecular weight excluding hydrogens is 431 g/mol. The van der Waals surface area contributed by atoms with E-state index in [-0.39, 0.29) is 23.9 Å². The van der Waals surface area contributed by atoms with Crippen molar-refractivity contribution in [3.8, 4) is 0 Å². The molecule has 1 heterocycles. The van der Waals surface area contributed by atoms with Crippen LogP contribution in [0.15, 0.2) is 66.7 Å². The van der Waals surface area contributed by atoms with Gasteiger partial charge in [0.05, 0.1) is 24.1 Å². The molecule has 0 radical (unpaired) electrons. The number of hydrogen-bond donors (Lipinski definition) is 1. The third kappa shape index (κ3) is 2.90. The lowest BCUT2D eigenvalue weighted by atomic mass is 9.75. The zero-order chi connectivity index (χ0) is 24.3. The first kappa shape index (κ1) is 21.8. The molecule has 5 nitrogen and oxygen atoms in total. The molecular formula is C28H23FN2O3. The molecule has 2 atom stereocenters. The van der Waals surface area contributed by atoms with Crippen LogP contribution < -0.4 is 4.90 Å². The van der Waals surface area contributed by atoms with E-state index in [4.69, 9.17) is 6.57 Å². The zero-order valence-electron chi connectivity index (χ0n) is 18.9. The van der Waals surface area contributed by atoms with Crippen LogP contribution in [0.5, 0.6) is 0 Å². The minimum Gasteiger partial charge on any atom is -0.478 e. The fraction of sp³-hybridized carbons (Fsp3) is 0.250. The van der Waals surface area contributed by atoms with Crippen molar-refractivity contribution in [3.05, 3.63) is 106 Å². The van der Waals surface area contributed by atoms with Gasteiger partial charge in [-0.2, -0.15) is 0 Å². The molecule has 170 valence electrons. The van der Waals surface area contributed by atoms with Crippen LogP contribution >= 0.6 is 0 Å². The van der Waals surface area contributed by atoms with Gasteiger partial charge in [0, 0.05) is 11.1 Å². The van der Waals surface area contributed by atoms with Gasteiger partial charge in [0.1, 0.15) is 5.82 Å². The summed E-state index contributed by atoms with van der Waals surface area (Å²) in [6.07, 6.45) is 0.552. The van der Waals surface area contributed by atoms with Crippen LogP contribution in [0, 0.1) is 18.3 Å². The second-order valence-electron chi connectivity index (χ2n) is 9.43. The normalized spacial score (nSPS) is 22.7. The molecule has 3 aromatic carbocycles. The predicted molar refractivity (Wildman–Crippen MR) is 127 cm³/mol. The first-order valence-corrected chi connectivity index (χ1v) is 11.2. The minimum absolute atomic E-state index is 0.0849. The van der Waals surface area contributed by atoms with Crippen molar-refractivity contribution >= 4 is 23.3 Å². The van der Waals surface area contributed by atoms with Crippen LogP contribution in [0.4, 0.5) is 15.8 Å². The Kier molecular flexibility index (Phi) is 4.84. The largest absolute Gasteiger partial charge is 0.478 e. The highest BCUT2D eigenvalue weighted by Gasteiger charge is 2.77. The monoisotopic (exact) mass is 454 g/mol. The Morgan fingerprint density at radius 2 is 1.88 bits per heavy atom. The fourth-order valence-corrected chi connectivity index (χ4v) is 5.87. The van der Waals surface area contributed by atoms with E-state index in [1.165, 1.54) is 18.2 Å². The van der Waals surface area contributed by atoms with Crippen LogP contribution in [0.25, 0.3) is 4.85 Å². The van der Waals surface area contributed by atoms with Gasteiger partial charge in [0.2, 0.25) is 5.91 Å². The first-order chi connectivity index (χ1) is 16.2. The van der Waals surface area contributed by atoms with E-state index in [1.54, 1.807) is 41.3 Å². The summed E-state index contributed by atoms with van der Waals surface area (Å²) in [5, 5.41) is 9.36. The van der Waals surface area contributed by atoms with Gasteiger partial charge in [-0.05, 0) is 59.4 Å². The van der Waals surface area contributed by atoms with Gasteiger partial charge in [-0.3, -0.25) is 4.79 Å². The van der Waals surface area contributed by atoms with Crippen LogP contribution in [-0.4, -0.2) is 17.0 Å². The van der Waals surface area contributed by atoms with Gasteiger partial charge in [0.15, 0.2) is 5.69 Å². The predicted octanol–water partition coefficient (Wildman–Crippen LogP) is 5.86. The summed E-state index contributed by atoms with van der Waals surface area (Å²) >= 11 is 0. The molecule has 1 aliphatic carbocycles. The Labute approximate surface area is 197 Å². The average Bonchev–Trinajstić information content (AvgIpc) is 3.50. The van der Waals surface area contributed by atoms with Crippen molar-refractivity contribution in [2.75, 3.05) is 4.90 Å². The van der Waals surface area contributed by atoms with Crippen molar-refractivity contribution in [2.24, 2.45) is 5.92 Å². The molecule has 1 N–H and O–H groups in total. The number of nitrogens with zero attached hydrogens (tertiary/aromatic N) is 2. The van der Waals surface area contributed by atoms with E-state index in [2.05, 4.69) is 18.7 Å². The summed E-state index contributed by atoms with van der Waals surface area (Å²) in [5.41, 5.74) is 2.25. The maximum absolute atomic E-state index is 14.5. The number of rotatable bonds is 5. The maximum Gasteiger partial charge on any atom is 0.335 e. The highest BCUT2D eigenvalue weighted by Crippen LogP contribution is 2.73. The van der Waals surface area contributed by atoms with Crippen molar-refractivity contribution in [3.63, 3.8) is 0 Å². The number of carbonyl (C=O) groups excluding carboxylic acids is 1. The number of amides is 1. The quantitative estimate of drug-likeness (QED) is 0.492. The lowest BCUT2D eigenvalue weighted by molar-refractivity contribution is -0.121. The average molecular weight is 455 g/mol. The highest BCUT2D eigenvalue weighted by atomic mass is 19.1. The molecule has 0 aromatic heterocycles. The Morgan fingerprint density at radius 1 is 1.15 bits per heavy atom. The number of carboxylic acid groups (broad SMARTS) is 1. The molecule has 1 spiro atoms. The van der Waals surface area contributed by atoms with Gasteiger partial charge >= 0.3 is 5.97 Å². The summed E-state index contributed by atoms with van der Waals surface area (Å²) in [6.45, 7) is 11.6. The highest BCUT2D eigenvalue weighted by molar-refractivity contribution is 6.12. The molecule has 0 unspecified atom stereocenters. The summed E-state index contributed by atoms with van der Waals surface area (Å²) in [4.78, 5) is 30.7. The fourth-order valence-electron chi connectivity index (χ4n) is 5.87.